The number of hydrogen-bond acceptors (Lipinski definition) is 7. The number of aromatic nitrogens is 1. The van der Waals surface area contributed by atoms with Crippen molar-refractivity contribution in [1.29, 1.82) is 0 Å². The fourth-order valence-electron chi connectivity index (χ4n) is 5.60. The minimum atomic E-state index is -1.17. The predicted octanol–water partition coefficient (Wildman–Crippen LogP) is 5.36. The number of alkyl carbamates (subject to hydrolysis) is 1. The molecule has 0 bridgehead atoms. The fraction of sp³-hybridized carbons (Fsp3) is 0.567. The molecular weight excluding hydrogens is 532 g/mol. The number of carbonyl (C=O) groups excluding carboxylic acids is 3. The van der Waals surface area contributed by atoms with Crippen LogP contribution in [0, 0.1) is 5.92 Å². The number of carbonyl (C=O) groups is 3. The lowest BCUT2D eigenvalue weighted by molar-refractivity contribution is -0.157. The van der Waals surface area contributed by atoms with Crippen LogP contribution in [0.5, 0.6) is 0 Å². The molecule has 2 unspecified atom stereocenters. The Morgan fingerprint density at radius 1 is 1.07 bits per heavy atom. The molecule has 2 heterocycles. The zero-order valence-electron chi connectivity index (χ0n) is 24.7. The molecule has 4 rings (SSSR count). The molecular formula is C30H43ClN4O5. The third-order valence-corrected chi connectivity index (χ3v) is 8.10. The number of amides is 1. The maximum Gasteiger partial charge on any atom is 0.408 e. The minimum Gasteiger partial charge on any atom is -0.444 e. The molecule has 2 atom stereocenters. The lowest BCUT2D eigenvalue weighted by Gasteiger charge is -2.34. The van der Waals surface area contributed by atoms with Gasteiger partial charge in [-0.1, -0.05) is 32.0 Å². The number of rotatable bonds is 8. The van der Waals surface area contributed by atoms with Crippen LogP contribution in [0.25, 0.3) is 10.9 Å². The largest absolute Gasteiger partial charge is 0.444 e. The summed E-state index contributed by atoms with van der Waals surface area (Å²) in [6.45, 7) is 11.7. The summed E-state index contributed by atoms with van der Waals surface area (Å²) in [7, 11) is 2.04. The van der Waals surface area contributed by atoms with Crippen molar-refractivity contribution in [2.45, 2.75) is 84.5 Å². The summed E-state index contributed by atoms with van der Waals surface area (Å²) in [5, 5.41) is 3.77. The number of para-hydroxylation sites is 1. The molecule has 0 fully saturated rings. The molecule has 0 spiro atoms. The number of nitrogens with zero attached hydrogens (tertiary/aromatic N) is 3. The van der Waals surface area contributed by atoms with Gasteiger partial charge in [0.15, 0.2) is 12.5 Å². The van der Waals surface area contributed by atoms with Gasteiger partial charge in [-0.3, -0.25) is 4.79 Å². The van der Waals surface area contributed by atoms with Crippen LogP contribution in [0.1, 0.15) is 76.9 Å². The molecule has 9 nitrogen and oxygen atoms in total. The standard InChI is InChI=1S/C30H42N4O5.ClH/c1-8-30(9-2,31-28(37)39-29(4,5)6)27(36)38-19-34-17-16-33(20(34)3)18-21-14-15-24-25(26(21)35)22-12-10-11-13-23(22)32(24)7;/h10-13,16-17,20-21H,8-9,14-15,18-19H2,1-7H3,(H,31,37);1H. The summed E-state index contributed by atoms with van der Waals surface area (Å²) in [5.41, 5.74) is 1.23. The SMILES string of the molecule is CCC(CC)(NC(=O)OC(C)(C)C)C(=O)OCN1C=CN(CC2CCc3c(c4ccccc4n3C)C2=O)C1C.Cl. The number of halogens is 1. The summed E-state index contributed by atoms with van der Waals surface area (Å²) >= 11 is 0. The second-order valence-corrected chi connectivity index (χ2v) is 11.6. The Labute approximate surface area is 243 Å². The second kappa shape index (κ2) is 12.1. The van der Waals surface area contributed by atoms with Gasteiger partial charge < -0.3 is 29.2 Å². The number of aryl methyl sites for hydroxylation is 1. The molecule has 2 aromatic rings. The highest BCUT2D eigenvalue weighted by Crippen LogP contribution is 2.34. The highest BCUT2D eigenvalue weighted by molar-refractivity contribution is 6.11. The topological polar surface area (TPSA) is 93.1 Å². The third-order valence-electron chi connectivity index (χ3n) is 8.10. The van der Waals surface area contributed by atoms with E-state index in [4.69, 9.17) is 9.47 Å². The van der Waals surface area contributed by atoms with E-state index in [0.29, 0.717) is 19.4 Å². The first-order chi connectivity index (χ1) is 18.4. The molecule has 220 valence electrons. The van der Waals surface area contributed by atoms with Gasteiger partial charge in [0, 0.05) is 54.1 Å². The van der Waals surface area contributed by atoms with Gasteiger partial charge in [0.25, 0.3) is 0 Å². The van der Waals surface area contributed by atoms with E-state index >= 15 is 0 Å². The van der Waals surface area contributed by atoms with Gasteiger partial charge in [-0.15, -0.1) is 12.4 Å². The van der Waals surface area contributed by atoms with Crippen LogP contribution in [-0.4, -0.2) is 62.8 Å². The molecule has 1 N–H and O–H groups in total. The Morgan fingerprint density at radius 3 is 2.38 bits per heavy atom. The summed E-state index contributed by atoms with van der Waals surface area (Å²) in [4.78, 5) is 43.2. The van der Waals surface area contributed by atoms with Crippen molar-refractivity contribution in [3.05, 3.63) is 47.9 Å². The van der Waals surface area contributed by atoms with Crippen LogP contribution >= 0.6 is 12.4 Å². The molecule has 2 aliphatic rings. The van der Waals surface area contributed by atoms with Gasteiger partial charge in [-0.05, 0) is 59.4 Å². The van der Waals surface area contributed by atoms with Gasteiger partial charge in [0.1, 0.15) is 17.3 Å². The fourth-order valence-corrected chi connectivity index (χ4v) is 5.60. The first-order valence-corrected chi connectivity index (χ1v) is 13.9. The molecule has 1 amide bonds. The van der Waals surface area contributed by atoms with Gasteiger partial charge >= 0.3 is 12.1 Å². The molecule has 40 heavy (non-hydrogen) atoms. The molecule has 1 aliphatic heterocycles. The van der Waals surface area contributed by atoms with Crippen molar-refractivity contribution in [3.8, 4) is 0 Å². The van der Waals surface area contributed by atoms with Crippen molar-refractivity contribution in [1.82, 2.24) is 19.7 Å². The quantitative estimate of drug-likeness (QED) is 0.424. The summed E-state index contributed by atoms with van der Waals surface area (Å²) in [6, 6.07) is 8.09. The molecule has 0 saturated heterocycles. The number of esters is 1. The lowest BCUT2D eigenvalue weighted by Crippen LogP contribution is -2.56. The summed E-state index contributed by atoms with van der Waals surface area (Å²) < 4.78 is 13.2. The number of hydrogen-bond donors (Lipinski definition) is 1. The van der Waals surface area contributed by atoms with Crippen LogP contribution < -0.4 is 5.32 Å². The van der Waals surface area contributed by atoms with Crippen molar-refractivity contribution in [2.75, 3.05) is 13.3 Å². The maximum atomic E-state index is 13.6. The molecule has 1 aliphatic carbocycles. The molecule has 10 heteroatoms. The van der Waals surface area contributed by atoms with Gasteiger partial charge in [0.2, 0.25) is 0 Å². The van der Waals surface area contributed by atoms with Crippen LogP contribution in [-0.2, 0) is 27.7 Å². The van der Waals surface area contributed by atoms with Gasteiger partial charge in [-0.2, -0.15) is 0 Å². The number of benzene rings is 1. The normalized spacial score (nSPS) is 18.9. The zero-order valence-corrected chi connectivity index (χ0v) is 25.5. The van der Waals surface area contributed by atoms with E-state index in [-0.39, 0.29) is 37.0 Å². The molecule has 1 aromatic heterocycles. The maximum absolute atomic E-state index is 13.6. The van der Waals surface area contributed by atoms with Crippen LogP contribution in [0.15, 0.2) is 36.7 Å². The van der Waals surface area contributed by atoms with E-state index in [0.717, 1.165) is 35.0 Å². The lowest BCUT2D eigenvalue weighted by atomic mass is 9.84. The Bertz CT molecular complexity index is 1280. The molecule has 1 aromatic carbocycles. The number of nitrogens with one attached hydrogen (secondary N) is 1. The number of ketones is 1. The Balaban J connectivity index is 0.00000441. The highest BCUT2D eigenvalue weighted by Gasteiger charge is 2.40. The smallest absolute Gasteiger partial charge is 0.408 e. The zero-order chi connectivity index (χ0) is 28.5. The Morgan fingerprint density at radius 2 is 1.73 bits per heavy atom. The Hall–Kier alpha value is -3.20. The highest BCUT2D eigenvalue weighted by atomic mass is 35.5. The predicted molar refractivity (Wildman–Crippen MR) is 157 cm³/mol. The van der Waals surface area contributed by atoms with Crippen molar-refractivity contribution >= 4 is 41.2 Å². The van der Waals surface area contributed by atoms with Crippen LogP contribution in [0.4, 0.5) is 4.79 Å². The van der Waals surface area contributed by atoms with Crippen molar-refractivity contribution in [3.63, 3.8) is 0 Å². The molecule has 0 saturated carbocycles. The van der Waals surface area contributed by atoms with Crippen molar-refractivity contribution in [2.24, 2.45) is 13.0 Å². The summed E-state index contributed by atoms with van der Waals surface area (Å²) in [5.74, 6) is -0.408. The average Bonchev–Trinajstić information content (AvgIpc) is 3.38. The number of ether oxygens (including phenoxy) is 2. The Kier molecular flexibility index (Phi) is 9.50. The minimum absolute atomic E-state index is 0. The average molecular weight is 575 g/mol. The van der Waals surface area contributed by atoms with Crippen molar-refractivity contribution < 1.29 is 23.9 Å². The van der Waals surface area contributed by atoms with E-state index < -0.39 is 23.2 Å². The second-order valence-electron chi connectivity index (χ2n) is 11.6. The van der Waals surface area contributed by atoms with E-state index in [9.17, 15) is 14.4 Å². The molecule has 0 radical (unpaired) electrons. The van der Waals surface area contributed by atoms with E-state index in [1.165, 1.54) is 0 Å². The van der Waals surface area contributed by atoms with Gasteiger partial charge in [0.05, 0.1) is 0 Å². The van der Waals surface area contributed by atoms with E-state index in [1.54, 1.807) is 20.8 Å². The number of Topliss-reactive ketones (excluding diaryl/α,β-unsaturated/α-hetero) is 1. The first-order valence-electron chi connectivity index (χ1n) is 13.9. The van der Waals surface area contributed by atoms with E-state index in [1.807, 2.05) is 63.3 Å². The van der Waals surface area contributed by atoms with Crippen LogP contribution in [0.3, 0.4) is 0 Å². The first kappa shape index (κ1) is 31.3. The number of fused-ring (bicyclic) bond motifs is 3. The monoisotopic (exact) mass is 574 g/mol. The van der Waals surface area contributed by atoms with Crippen LogP contribution in [0.2, 0.25) is 0 Å². The van der Waals surface area contributed by atoms with Gasteiger partial charge in [-0.25, -0.2) is 9.59 Å². The third kappa shape index (κ3) is 6.09. The summed E-state index contributed by atoms with van der Waals surface area (Å²) in [6.07, 6.45) is 5.52. The van der Waals surface area contributed by atoms with E-state index in [2.05, 4.69) is 20.9 Å².